The lowest BCUT2D eigenvalue weighted by atomic mass is 10.1. The van der Waals surface area contributed by atoms with E-state index in [1.165, 1.54) is 4.31 Å². The van der Waals surface area contributed by atoms with E-state index in [9.17, 15) is 8.42 Å². The van der Waals surface area contributed by atoms with Crippen molar-refractivity contribution in [2.24, 2.45) is 5.73 Å². The molecule has 6 heteroatoms. The zero-order valence-electron chi connectivity index (χ0n) is 10.5. The second kappa shape index (κ2) is 5.36. The van der Waals surface area contributed by atoms with Gasteiger partial charge in [-0.25, -0.2) is 0 Å². The van der Waals surface area contributed by atoms with Gasteiger partial charge in [-0.05, 0) is 24.0 Å². The van der Waals surface area contributed by atoms with Crippen LogP contribution in [0.5, 0.6) is 0 Å². The summed E-state index contributed by atoms with van der Waals surface area (Å²) in [4.78, 5) is 0. The molecule has 18 heavy (non-hydrogen) atoms. The van der Waals surface area contributed by atoms with Crippen molar-refractivity contribution in [2.75, 3.05) is 7.05 Å². The van der Waals surface area contributed by atoms with Crippen molar-refractivity contribution in [1.82, 2.24) is 9.03 Å². The predicted molar refractivity (Wildman–Crippen MR) is 70.9 cm³/mol. The van der Waals surface area contributed by atoms with Crippen LogP contribution in [0, 0.1) is 0 Å². The summed E-state index contributed by atoms with van der Waals surface area (Å²) in [6.45, 7) is 0.866. The largest absolute Gasteiger partial charge is 0.326 e. The third kappa shape index (κ3) is 3.52. The Morgan fingerprint density at radius 2 is 1.83 bits per heavy atom. The Bertz CT molecular complexity index is 495. The fraction of sp³-hybridized carbons (Fsp3) is 0.500. The van der Waals surface area contributed by atoms with Crippen molar-refractivity contribution in [3.63, 3.8) is 0 Å². The lowest BCUT2D eigenvalue weighted by Gasteiger charge is -2.17. The van der Waals surface area contributed by atoms with Gasteiger partial charge in [-0.1, -0.05) is 24.3 Å². The molecule has 0 saturated heterocycles. The van der Waals surface area contributed by atoms with E-state index in [4.69, 9.17) is 5.73 Å². The van der Waals surface area contributed by atoms with Gasteiger partial charge in [0.15, 0.2) is 0 Å². The predicted octanol–water partition coefficient (Wildman–Crippen LogP) is 0.574. The Labute approximate surface area is 108 Å². The van der Waals surface area contributed by atoms with Crippen molar-refractivity contribution in [3.05, 3.63) is 35.4 Å². The molecule has 1 aliphatic rings. The molecule has 2 rings (SSSR count). The highest BCUT2D eigenvalue weighted by atomic mass is 32.2. The number of rotatable bonds is 6. The fourth-order valence-electron chi connectivity index (χ4n) is 1.62. The molecule has 100 valence electrons. The first-order valence-corrected chi connectivity index (χ1v) is 7.47. The molecule has 5 nitrogen and oxygen atoms in total. The van der Waals surface area contributed by atoms with E-state index >= 15 is 0 Å². The Kier molecular flexibility index (Phi) is 4.01. The highest BCUT2D eigenvalue weighted by molar-refractivity contribution is 7.87. The molecule has 1 aliphatic carbocycles. The third-order valence-electron chi connectivity index (χ3n) is 2.97. The first-order valence-electron chi connectivity index (χ1n) is 6.03. The zero-order valence-corrected chi connectivity index (χ0v) is 11.3. The van der Waals surface area contributed by atoms with Crippen LogP contribution in [0.4, 0.5) is 0 Å². The number of nitrogens with two attached hydrogens (primary N) is 1. The molecule has 0 heterocycles. The summed E-state index contributed by atoms with van der Waals surface area (Å²) in [6, 6.07) is 7.79. The summed E-state index contributed by atoms with van der Waals surface area (Å²) >= 11 is 0. The molecular formula is C12H19N3O2S. The number of nitrogens with zero attached hydrogens (tertiary/aromatic N) is 1. The summed E-state index contributed by atoms with van der Waals surface area (Å²) in [5, 5.41) is 0. The maximum absolute atomic E-state index is 11.9. The van der Waals surface area contributed by atoms with Gasteiger partial charge in [0, 0.05) is 26.2 Å². The Hall–Kier alpha value is -0.950. The lowest BCUT2D eigenvalue weighted by molar-refractivity contribution is 0.454. The molecule has 1 aromatic rings. The highest BCUT2D eigenvalue weighted by Crippen LogP contribution is 2.20. The second-order valence-corrected chi connectivity index (χ2v) is 6.48. The van der Waals surface area contributed by atoms with Gasteiger partial charge in [-0.15, -0.1) is 0 Å². The average molecular weight is 269 g/mol. The van der Waals surface area contributed by atoms with Gasteiger partial charge >= 0.3 is 0 Å². The summed E-state index contributed by atoms with van der Waals surface area (Å²) in [6.07, 6.45) is 1.89. The molecule has 0 aromatic heterocycles. The second-order valence-electron chi connectivity index (χ2n) is 4.67. The average Bonchev–Trinajstić information content (AvgIpc) is 3.13. The van der Waals surface area contributed by atoms with Crippen LogP contribution in [-0.2, 0) is 23.3 Å². The van der Waals surface area contributed by atoms with Crippen LogP contribution < -0.4 is 10.5 Å². The first kappa shape index (κ1) is 13.5. The molecule has 1 saturated carbocycles. The van der Waals surface area contributed by atoms with Crippen LogP contribution in [0.2, 0.25) is 0 Å². The molecule has 3 N–H and O–H groups in total. The molecule has 0 aliphatic heterocycles. The Morgan fingerprint density at radius 1 is 1.28 bits per heavy atom. The van der Waals surface area contributed by atoms with E-state index in [2.05, 4.69) is 4.72 Å². The topological polar surface area (TPSA) is 75.4 Å². The molecule has 0 spiro atoms. The van der Waals surface area contributed by atoms with Crippen molar-refractivity contribution < 1.29 is 8.42 Å². The Morgan fingerprint density at radius 3 is 2.33 bits per heavy atom. The number of hydrogen-bond acceptors (Lipinski definition) is 3. The summed E-state index contributed by atoms with van der Waals surface area (Å²) in [5.41, 5.74) is 7.51. The van der Waals surface area contributed by atoms with Crippen molar-refractivity contribution in [2.45, 2.75) is 32.0 Å². The monoisotopic (exact) mass is 269 g/mol. The van der Waals surface area contributed by atoms with Crippen molar-refractivity contribution >= 4 is 10.2 Å². The van der Waals surface area contributed by atoms with Crippen molar-refractivity contribution in [3.8, 4) is 0 Å². The van der Waals surface area contributed by atoms with E-state index < -0.39 is 10.2 Å². The molecular weight excluding hydrogens is 250 g/mol. The minimum Gasteiger partial charge on any atom is -0.326 e. The highest BCUT2D eigenvalue weighted by Gasteiger charge is 2.29. The van der Waals surface area contributed by atoms with Crippen LogP contribution >= 0.6 is 0 Å². The van der Waals surface area contributed by atoms with Crippen LogP contribution in [0.25, 0.3) is 0 Å². The normalized spacial score (nSPS) is 16.2. The zero-order chi connectivity index (χ0) is 13.2. The van der Waals surface area contributed by atoms with E-state index in [1.54, 1.807) is 7.05 Å². The standard InChI is InChI=1S/C12H19N3O2S/c1-15(18(16,17)14-12-6-7-12)9-11-4-2-10(8-13)3-5-11/h2-5,12,14H,6-9,13H2,1H3. The van der Waals surface area contributed by atoms with Gasteiger partial charge in [0.05, 0.1) is 0 Å². The van der Waals surface area contributed by atoms with Gasteiger partial charge in [-0.3, -0.25) is 0 Å². The van der Waals surface area contributed by atoms with Gasteiger partial charge < -0.3 is 5.73 Å². The summed E-state index contributed by atoms with van der Waals surface area (Å²) in [7, 11) is -1.77. The maximum Gasteiger partial charge on any atom is 0.279 e. The van der Waals surface area contributed by atoms with Gasteiger partial charge in [0.1, 0.15) is 0 Å². The fourth-order valence-corrected chi connectivity index (χ4v) is 2.78. The number of hydrogen-bond donors (Lipinski definition) is 2. The third-order valence-corrected chi connectivity index (χ3v) is 4.55. The van der Waals surface area contributed by atoms with E-state index in [0.717, 1.165) is 24.0 Å². The molecule has 0 unspecified atom stereocenters. The minimum atomic E-state index is -3.35. The number of nitrogens with one attached hydrogen (secondary N) is 1. The van der Waals surface area contributed by atoms with Crippen LogP contribution in [-0.4, -0.2) is 25.8 Å². The van der Waals surface area contributed by atoms with Crippen LogP contribution in [0.3, 0.4) is 0 Å². The van der Waals surface area contributed by atoms with Crippen LogP contribution in [0.15, 0.2) is 24.3 Å². The smallest absolute Gasteiger partial charge is 0.279 e. The van der Waals surface area contributed by atoms with E-state index in [1.807, 2.05) is 24.3 Å². The summed E-state index contributed by atoms with van der Waals surface area (Å²) in [5.74, 6) is 0. The molecule has 1 aromatic carbocycles. The van der Waals surface area contributed by atoms with Crippen molar-refractivity contribution in [1.29, 1.82) is 0 Å². The van der Waals surface area contributed by atoms with Gasteiger partial charge in [0.25, 0.3) is 10.2 Å². The molecule has 0 amide bonds. The minimum absolute atomic E-state index is 0.136. The SMILES string of the molecule is CN(Cc1ccc(CN)cc1)S(=O)(=O)NC1CC1. The van der Waals surface area contributed by atoms with E-state index in [0.29, 0.717) is 13.1 Å². The molecule has 0 bridgehead atoms. The quantitative estimate of drug-likeness (QED) is 0.793. The molecule has 0 atom stereocenters. The Balaban J connectivity index is 1.98. The van der Waals surface area contributed by atoms with E-state index in [-0.39, 0.29) is 6.04 Å². The number of benzene rings is 1. The van der Waals surface area contributed by atoms with Gasteiger partial charge in [-0.2, -0.15) is 17.4 Å². The lowest BCUT2D eigenvalue weighted by Crippen LogP contribution is -2.38. The maximum atomic E-state index is 11.9. The first-order chi connectivity index (χ1) is 8.51. The molecule has 1 fully saturated rings. The summed E-state index contributed by atoms with van der Waals surface area (Å²) < 4.78 is 27.8. The van der Waals surface area contributed by atoms with Gasteiger partial charge in [0.2, 0.25) is 0 Å². The van der Waals surface area contributed by atoms with Crippen LogP contribution in [0.1, 0.15) is 24.0 Å². The molecule has 0 radical (unpaired) electrons.